The van der Waals surface area contributed by atoms with Gasteiger partial charge in [-0.2, -0.15) is 13.2 Å². The molecular formula is C12H11F3N4OS2. The zero-order chi connectivity index (χ0) is 16.0. The molecule has 0 aliphatic heterocycles. The molecule has 22 heavy (non-hydrogen) atoms. The summed E-state index contributed by atoms with van der Waals surface area (Å²) in [5, 5.41) is 9.71. The number of benzene rings is 1. The first-order valence-electron chi connectivity index (χ1n) is 6.08. The minimum atomic E-state index is -4.56. The van der Waals surface area contributed by atoms with Gasteiger partial charge in [0.25, 0.3) is 0 Å². The van der Waals surface area contributed by atoms with Crippen LogP contribution in [0.4, 0.5) is 23.1 Å². The highest BCUT2D eigenvalue weighted by Gasteiger charge is 2.35. The number of halogens is 3. The van der Waals surface area contributed by atoms with Crippen LogP contribution in [-0.4, -0.2) is 28.5 Å². The Morgan fingerprint density at radius 2 is 1.95 bits per heavy atom. The molecule has 2 N–H and O–H groups in total. The number of nitrogens with one attached hydrogen (secondary N) is 2. The van der Waals surface area contributed by atoms with E-state index in [0.29, 0.717) is 12.3 Å². The number of rotatable bonds is 5. The molecule has 0 aliphatic rings. The fourth-order valence-electron chi connectivity index (χ4n) is 1.38. The Bertz CT molecular complexity index is 618. The fraction of sp³-hybridized carbons (Fsp3) is 0.250. The molecule has 0 bridgehead atoms. The molecule has 0 fully saturated rings. The molecule has 2 amide bonds. The Labute approximate surface area is 132 Å². The van der Waals surface area contributed by atoms with Gasteiger partial charge in [0.1, 0.15) is 0 Å². The standard InChI is InChI=1S/C12H11F3N4OS2/c13-12(14,15)9-18-19-11(22-9)17-10(20)16-6-7-21-8-4-2-1-3-5-8/h1-5H,6-7H2,(H2,16,17,19,20). The van der Waals surface area contributed by atoms with Crippen molar-refractivity contribution in [2.24, 2.45) is 0 Å². The number of anilines is 1. The van der Waals surface area contributed by atoms with Crippen molar-refractivity contribution in [1.82, 2.24) is 15.5 Å². The number of nitrogens with zero attached hydrogens (tertiary/aromatic N) is 2. The number of aromatic nitrogens is 2. The van der Waals surface area contributed by atoms with Gasteiger partial charge in [0.05, 0.1) is 0 Å². The summed E-state index contributed by atoms with van der Waals surface area (Å²) in [6.07, 6.45) is -4.56. The highest BCUT2D eigenvalue weighted by Crippen LogP contribution is 2.32. The third-order valence-corrected chi connectivity index (χ3v) is 4.18. The molecule has 10 heteroatoms. The number of thioether (sulfide) groups is 1. The predicted octanol–water partition coefficient (Wildman–Crippen LogP) is 3.47. The zero-order valence-electron chi connectivity index (χ0n) is 11.1. The zero-order valence-corrected chi connectivity index (χ0v) is 12.7. The molecule has 0 saturated carbocycles. The van der Waals surface area contributed by atoms with Crippen LogP contribution in [0.25, 0.3) is 0 Å². The summed E-state index contributed by atoms with van der Waals surface area (Å²) in [5.41, 5.74) is 0. The van der Waals surface area contributed by atoms with Crippen LogP contribution in [-0.2, 0) is 6.18 Å². The second-order valence-corrected chi connectivity index (χ2v) is 6.10. The van der Waals surface area contributed by atoms with Crippen molar-refractivity contribution < 1.29 is 18.0 Å². The van der Waals surface area contributed by atoms with E-state index in [0.717, 1.165) is 4.90 Å². The molecule has 5 nitrogen and oxygen atoms in total. The maximum Gasteiger partial charge on any atom is 0.445 e. The van der Waals surface area contributed by atoms with Gasteiger partial charge in [-0.25, -0.2) is 4.79 Å². The van der Waals surface area contributed by atoms with Crippen molar-refractivity contribution in [3.8, 4) is 0 Å². The third kappa shape index (κ3) is 5.19. The van der Waals surface area contributed by atoms with Crippen LogP contribution in [0, 0.1) is 0 Å². The van der Waals surface area contributed by atoms with Crippen LogP contribution in [0.15, 0.2) is 35.2 Å². The number of carbonyl (C=O) groups is 1. The van der Waals surface area contributed by atoms with E-state index >= 15 is 0 Å². The van der Waals surface area contributed by atoms with Crippen LogP contribution < -0.4 is 10.6 Å². The largest absolute Gasteiger partial charge is 0.445 e. The Hall–Kier alpha value is -1.81. The first kappa shape index (κ1) is 16.6. The molecule has 2 aromatic rings. The minimum absolute atomic E-state index is 0.194. The normalized spacial score (nSPS) is 11.2. The average Bonchev–Trinajstić information content (AvgIpc) is 2.93. The lowest BCUT2D eigenvalue weighted by atomic mass is 10.4. The fourth-order valence-corrected chi connectivity index (χ4v) is 2.78. The van der Waals surface area contributed by atoms with E-state index in [1.165, 1.54) is 0 Å². The monoisotopic (exact) mass is 348 g/mol. The number of carbonyl (C=O) groups excluding carboxylic acids is 1. The lowest BCUT2D eigenvalue weighted by Crippen LogP contribution is -2.30. The molecule has 1 aromatic carbocycles. The SMILES string of the molecule is O=C(NCCSc1ccccc1)Nc1nnc(C(F)(F)F)s1. The summed E-state index contributed by atoms with van der Waals surface area (Å²) in [7, 11) is 0. The Kier molecular flexibility index (Phi) is 5.61. The highest BCUT2D eigenvalue weighted by atomic mass is 32.2. The van der Waals surface area contributed by atoms with Crippen molar-refractivity contribution in [3.05, 3.63) is 35.3 Å². The predicted molar refractivity (Wildman–Crippen MR) is 79.1 cm³/mol. The van der Waals surface area contributed by atoms with Crippen molar-refractivity contribution in [2.75, 3.05) is 17.6 Å². The Balaban J connectivity index is 1.71. The number of alkyl halides is 3. The molecule has 0 saturated heterocycles. The molecule has 0 atom stereocenters. The lowest BCUT2D eigenvalue weighted by Gasteiger charge is -2.05. The average molecular weight is 348 g/mol. The van der Waals surface area contributed by atoms with Gasteiger partial charge in [0, 0.05) is 17.2 Å². The van der Waals surface area contributed by atoms with Gasteiger partial charge in [-0.05, 0) is 12.1 Å². The quantitative estimate of drug-likeness (QED) is 0.641. The Morgan fingerprint density at radius 3 is 2.59 bits per heavy atom. The van der Waals surface area contributed by atoms with Crippen LogP contribution >= 0.6 is 23.1 Å². The summed E-state index contributed by atoms with van der Waals surface area (Å²) in [6.45, 7) is 0.371. The molecule has 118 valence electrons. The second kappa shape index (κ2) is 7.45. The van der Waals surface area contributed by atoms with E-state index < -0.39 is 17.2 Å². The van der Waals surface area contributed by atoms with E-state index in [1.54, 1.807) is 11.8 Å². The van der Waals surface area contributed by atoms with E-state index in [1.807, 2.05) is 30.3 Å². The first-order valence-corrected chi connectivity index (χ1v) is 7.89. The highest BCUT2D eigenvalue weighted by molar-refractivity contribution is 7.99. The van der Waals surface area contributed by atoms with Gasteiger partial charge in [-0.3, -0.25) is 5.32 Å². The van der Waals surface area contributed by atoms with Gasteiger partial charge in [0.2, 0.25) is 10.1 Å². The van der Waals surface area contributed by atoms with Crippen molar-refractivity contribution in [2.45, 2.75) is 11.1 Å². The van der Waals surface area contributed by atoms with E-state index in [-0.39, 0.29) is 16.5 Å². The van der Waals surface area contributed by atoms with E-state index in [9.17, 15) is 18.0 Å². The topological polar surface area (TPSA) is 66.9 Å². The summed E-state index contributed by atoms with van der Waals surface area (Å²) in [4.78, 5) is 12.6. The molecule has 0 aliphatic carbocycles. The van der Waals surface area contributed by atoms with Gasteiger partial charge in [-0.1, -0.05) is 29.5 Å². The van der Waals surface area contributed by atoms with Crippen LogP contribution in [0.5, 0.6) is 0 Å². The van der Waals surface area contributed by atoms with E-state index in [4.69, 9.17) is 0 Å². The smallest absolute Gasteiger partial charge is 0.337 e. The summed E-state index contributed by atoms with van der Waals surface area (Å²) in [5.74, 6) is 0.640. The molecule has 1 heterocycles. The van der Waals surface area contributed by atoms with Crippen LogP contribution in [0.1, 0.15) is 5.01 Å². The van der Waals surface area contributed by atoms with E-state index in [2.05, 4.69) is 20.8 Å². The van der Waals surface area contributed by atoms with Gasteiger partial charge in [0.15, 0.2) is 0 Å². The minimum Gasteiger partial charge on any atom is -0.337 e. The third-order valence-electron chi connectivity index (χ3n) is 2.29. The summed E-state index contributed by atoms with van der Waals surface area (Å²) >= 11 is 1.84. The summed E-state index contributed by atoms with van der Waals surface area (Å²) < 4.78 is 37.0. The van der Waals surface area contributed by atoms with Gasteiger partial charge < -0.3 is 5.32 Å². The van der Waals surface area contributed by atoms with Crippen LogP contribution in [0.3, 0.4) is 0 Å². The lowest BCUT2D eigenvalue weighted by molar-refractivity contribution is -0.138. The molecule has 0 unspecified atom stereocenters. The number of urea groups is 1. The maximum atomic E-state index is 12.3. The maximum absolute atomic E-state index is 12.3. The summed E-state index contributed by atoms with van der Waals surface area (Å²) in [6, 6.07) is 9.02. The molecule has 0 spiro atoms. The van der Waals surface area contributed by atoms with Crippen molar-refractivity contribution >= 4 is 34.3 Å². The number of hydrogen-bond acceptors (Lipinski definition) is 5. The van der Waals surface area contributed by atoms with Gasteiger partial charge in [-0.15, -0.1) is 22.0 Å². The number of hydrogen-bond donors (Lipinski definition) is 2. The second-order valence-electron chi connectivity index (χ2n) is 3.95. The Morgan fingerprint density at radius 1 is 1.23 bits per heavy atom. The molecule has 0 radical (unpaired) electrons. The molecule has 1 aromatic heterocycles. The van der Waals surface area contributed by atoms with Crippen molar-refractivity contribution in [1.29, 1.82) is 0 Å². The molecular weight excluding hydrogens is 337 g/mol. The van der Waals surface area contributed by atoms with Gasteiger partial charge >= 0.3 is 12.2 Å². The number of amides is 2. The van der Waals surface area contributed by atoms with Crippen molar-refractivity contribution in [3.63, 3.8) is 0 Å². The first-order chi connectivity index (χ1) is 10.4. The molecule has 2 rings (SSSR count). The van der Waals surface area contributed by atoms with Crippen LogP contribution in [0.2, 0.25) is 0 Å².